The SMILES string of the molecule is Cc1c[nH]c2ncnc(N3CCC(C(=O)Nc4ccccc4)CC3OCC=O)c12. The van der Waals surface area contributed by atoms with Gasteiger partial charge in [-0.25, -0.2) is 9.97 Å². The molecule has 2 unspecified atom stereocenters. The highest BCUT2D eigenvalue weighted by atomic mass is 16.5. The van der Waals surface area contributed by atoms with Crippen molar-refractivity contribution in [3.8, 4) is 0 Å². The summed E-state index contributed by atoms with van der Waals surface area (Å²) in [5, 5.41) is 3.89. The van der Waals surface area contributed by atoms with Gasteiger partial charge in [-0.2, -0.15) is 0 Å². The van der Waals surface area contributed by atoms with Crippen LogP contribution in [0.5, 0.6) is 0 Å². The number of carbonyl (C=O) groups is 2. The minimum absolute atomic E-state index is 0.0332. The highest BCUT2D eigenvalue weighted by molar-refractivity contribution is 5.93. The number of hydrogen-bond acceptors (Lipinski definition) is 6. The van der Waals surface area contributed by atoms with E-state index in [1.807, 2.05) is 48.4 Å². The van der Waals surface area contributed by atoms with Gasteiger partial charge in [0.2, 0.25) is 5.91 Å². The number of hydrogen-bond donors (Lipinski definition) is 2. The molecule has 1 aromatic carbocycles. The number of para-hydroxylation sites is 1. The smallest absolute Gasteiger partial charge is 0.227 e. The molecule has 0 radical (unpaired) electrons. The van der Waals surface area contributed by atoms with Crippen LogP contribution in [0.15, 0.2) is 42.9 Å². The van der Waals surface area contributed by atoms with Gasteiger partial charge in [-0.3, -0.25) is 4.79 Å². The molecule has 2 N–H and O–H groups in total. The summed E-state index contributed by atoms with van der Waals surface area (Å²) in [4.78, 5) is 37.6. The predicted molar refractivity (Wildman–Crippen MR) is 110 cm³/mol. The van der Waals surface area contributed by atoms with Crippen molar-refractivity contribution in [1.82, 2.24) is 15.0 Å². The molecule has 1 fully saturated rings. The van der Waals surface area contributed by atoms with Crippen LogP contribution in [0.4, 0.5) is 11.5 Å². The van der Waals surface area contributed by atoms with E-state index in [9.17, 15) is 9.59 Å². The van der Waals surface area contributed by atoms with Gasteiger partial charge >= 0.3 is 0 Å². The third-order valence-corrected chi connectivity index (χ3v) is 5.24. The maximum absolute atomic E-state index is 12.8. The van der Waals surface area contributed by atoms with Crippen molar-refractivity contribution in [1.29, 1.82) is 0 Å². The van der Waals surface area contributed by atoms with Crippen LogP contribution in [-0.4, -0.2) is 46.5 Å². The van der Waals surface area contributed by atoms with Crippen LogP contribution < -0.4 is 10.2 Å². The van der Waals surface area contributed by atoms with Crippen molar-refractivity contribution in [3.05, 3.63) is 48.4 Å². The summed E-state index contributed by atoms with van der Waals surface area (Å²) < 4.78 is 5.80. The molecule has 1 aliphatic rings. The summed E-state index contributed by atoms with van der Waals surface area (Å²) in [6.07, 6.45) is 4.84. The maximum atomic E-state index is 12.8. The molecule has 29 heavy (non-hydrogen) atoms. The highest BCUT2D eigenvalue weighted by Crippen LogP contribution is 2.33. The number of carbonyl (C=O) groups excluding carboxylic acids is 2. The Labute approximate surface area is 168 Å². The lowest BCUT2D eigenvalue weighted by Gasteiger charge is -2.39. The molecule has 0 bridgehead atoms. The molecule has 2 aromatic heterocycles. The molecule has 1 saturated heterocycles. The van der Waals surface area contributed by atoms with E-state index >= 15 is 0 Å². The van der Waals surface area contributed by atoms with Crippen molar-refractivity contribution >= 4 is 34.7 Å². The Hall–Kier alpha value is -3.26. The van der Waals surface area contributed by atoms with E-state index in [-0.39, 0.29) is 18.4 Å². The minimum atomic E-state index is -0.423. The van der Waals surface area contributed by atoms with E-state index < -0.39 is 6.23 Å². The Bertz CT molecular complexity index is 1000. The van der Waals surface area contributed by atoms with E-state index in [1.54, 1.807) is 0 Å². The number of anilines is 2. The average molecular weight is 393 g/mol. The van der Waals surface area contributed by atoms with Gasteiger partial charge in [0.15, 0.2) is 0 Å². The maximum Gasteiger partial charge on any atom is 0.227 e. The van der Waals surface area contributed by atoms with Crippen LogP contribution in [0, 0.1) is 12.8 Å². The molecule has 8 nitrogen and oxygen atoms in total. The topological polar surface area (TPSA) is 100 Å². The summed E-state index contributed by atoms with van der Waals surface area (Å²) >= 11 is 0. The average Bonchev–Trinajstić information content (AvgIpc) is 3.14. The molecule has 0 spiro atoms. The lowest BCUT2D eigenvalue weighted by molar-refractivity contribution is -0.123. The Morgan fingerprint density at radius 1 is 1.34 bits per heavy atom. The number of amides is 1. The van der Waals surface area contributed by atoms with Crippen molar-refractivity contribution in [2.24, 2.45) is 5.92 Å². The summed E-state index contributed by atoms with van der Waals surface area (Å²) in [5.74, 6) is 0.500. The van der Waals surface area contributed by atoms with Gasteiger partial charge in [0.25, 0.3) is 0 Å². The molecule has 0 aliphatic carbocycles. The minimum Gasteiger partial charge on any atom is -0.351 e. The monoisotopic (exact) mass is 393 g/mol. The Balaban J connectivity index is 1.56. The first-order chi connectivity index (χ1) is 14.2. The zero-order chi connectivity index (χ0) is 20.2. The number of H-pyrrole nitrogens is 1. The number of fused-ring (bicyclic) bond motifs is 1. The van der Waals surface area contributed by atoms with Crippen LogP contribution in [0.25, 0.3) is 11.0 Å². The molecule has 3 aromatic rings. The zero-order valence-electron chi connectivity index (χ0n) is 16.2. The number of ether oxygens (including phenoxy) is 1. The van der Waals surface area contributed by atoms with E-state index in [4.69, 9.17) is 4.74 Å². The fourth-order valence-corrected chi connectivity index (χ4v) is 3.80. The van der Waals surface area contributed by atoms with Crippen molar-refractivity contribution in [2.75, 3.05) is 23.4 Å². The molecule has 150 valence electrons. The number of aldehydes is 1. The fourth-order valence-electron chi connectivity index (χ4n) is 3.80. The first-order valence-corrected chi connectivity index (χ1v) is 9.64. The number of rotatable bonds is 6. The number of nitrogens with zero attached hydrogens (tertiary/aromatic N) is 3. The molecule has 3 heterocycles. The fraction of sp³-hybridized carbons (Fsp3) is 0.333. The van der Waals surface area contributed by atoms with Crippen molar-refractivity contribution in [3.63, 3.8) is 0 Å². The largest absolute Gasteiger partial charge is 0.351 e. The van der Waals surface area contributed by atoms with Gasteiger partial charge in [-0.05, 0) is 31.0 Å². The van der Waals surface area contributed by atoms with Crippen LogP contribution in [-0.2, 0) is 14.3 Å². The normalized spacial score (nSPS) is 19.3. The predicted octanol–water partition coefficient (Wildman–Crippen LogP) is 2.66. The molecule has 1 amide bonds. The standard InChI is InChI=1S/C21H23N5O3/c1-14-12-22-19-18(14)20(24-13-23-19)26-8-7-15(11-17(26)29-10-9-27)21(28)25-16-5-3-2-4-6-16/h2-6,9,12-13,15,17H,7-8,10-11H2,1H3,(H,25,28)(H,22,23,24). The summed E-state index contributed by atoms with van der Waals surface area (Å²) in [7, 11) is 0. The Morgan fingerprint density at radius 2 is 2.17 bits per heavy atom. The van der Waals surface area contributed by atoms with E-state index in [0.717, 1.165) is 34.4 Å². The van der Waals surface area contributed by atoms with Crippen LogP contribution in [0.3, 0.4) is 0 Å². The van der Waals surface area contributed by atoms with E-state index in [2.05, 4.69) is 20.3 Å². The van der Waals surface area contributed by atoms with Gasteiger partial charge in [0.1, 0.15) is 36.9 Å². The number of aromatic nitrogens is 3. The first kappa shape index (κ1) is 19.1. The second-order valence-electron chi connectivity index (χ2n) is 7.12. The summed E-state index contributed by atoms with van der Waals surface area (Å²) in [5.41, 5.74) is 2.56. The van der Waals surface area contributed by atoms with E-state index in [0.29, 0.717) is 19.4 Å². The number of aromatic amines is 1. The number of benzene rings is 1. The zero-order valence-corrected chi connectivity index (χ0v) is 16.2. The highest BCUT2D eigenvalue weighted by Gasteiger charge is 2.34. The third-order valence-electron chi connectivity index (χ3n) is 5.24. The van der Waals surface area contributed by atoms with Crippen molar-refractivity contribution in [2.45, 2.75) is 26.0 Å². The molecule has 0 saturated carbocycles. The van der Waals surface area contributed by atoms with Gasteiger partial charge in [-0.1, -0.05) is 18.2 Å². The Morgan fingerprint density at radius 3 is 2.97 bits per heavy atom. The number of aryl methyl sites for hydroxylation is 1. The third kappa shape index (κ3) is 3.97. The number of nitrogens with one attached hydrogen (secondary N) is 2. The summed E-state index contributed by atoms with van der Waals surface area (Å²) in [6.45, 7) is 2.55. The second kappa shape index (κ2) is 8.40. The van der Waals surface area contributed by atoms with Gasteiger partial charge < -0.3 is 24.7 Å². The molecule has 4 rings (SSSR count). The first-order valence-electron chi connectivity index (χ1n) is 9.64. The van der Waals surface area contributed by atoms with Gasteiger partial charge in [0, 0.05) is 30.8 Å². The quantitative estimate of drug-likeness (QED) is 0.625. The number of piperidine rings is 1. The molecule has 8 heteroatoms. The van der Waals surface area contributed by atoms with Crippen molar-refractivity contribution < 1.29 is 14.3 Å². The molecule has 2 atom stereocenters. The molecular weight excluding hydrogens is 370 g/mol. The van der Waals surface area contributed by atoms with Gasteiger partial charge in [0.05, 0.1) is 5.39 Å². The molecular formula is C21H23N5O3. The van der Waals surface area contributed by atoms with Crippen LogP contribution in [0.1, 0.15) is 18.4 Å². The van der Waals surface area contributed by atoms with Gasteiger partial charge in [-0.15, -0.1) is 0 Å². The lowest BCUT2D eigenvalue weighted by atomic mass is 9.94. The summed E-state index contributed by atoms with van der Waals surface area (Å²) in [6, 6.07) is 9.39. The lowest BCUT2D eigenvalue weighted by Crippen LogP contribution is -2.47. The second-order valence-corrected chi connectivity index (χ2v) is 7.12. The van der Waals surface area contributed by atoms with Crippen LogP contribution in [0.2, 0.25) is 0 Å². The molecule has 1 aliphatic heterocycles. The Kier molecular flexibility index (Phi) is 5.53. The van der Waals surface area contributed by atoms with E-state index in [1.165, 1.54) is 6.33 Å². The van der Waals surface area contributed by atoms with Crippen LogP contribution >= 0.6 is 0 Å².